The first-order chi connectivity index (χ1) is 12.0. The number of aliphatic carboxylic acids is 1. The number of amides is 2. The van der Waals surface area contributed by atoms with Gasteiger partial charge in [-0.25, -0.2) is 0 Å². The van der Waals surface area contributed by atoms with Crippen LogP contribution in [0.2, 0.25) is 0 Å². The normalized spacial score (nSPS) is 10.1. The lowest BCUT2D eigenvalue weighted by Gasteiger charge is -2.08. The number of nitrogens with one attached hydrogen (secondary N) is 2. The monoisotopic (exact) mass is 340 g/mol. The van der Waals surface area contributed by atoms with E-state index in [0.29, 0.717) is 17.8 Å². The SMILES string of the molecule is O=C(O)CCCC(=O)Nc1cccc(C(=O)NCc2ccccc2)c1. The van der Waals surface area contributed by atoms with Crippen molar-refractivity contribution in [2.24, 2.45) is 0 Å². The molecule has 6 heteroatoms. The molecule has 0 spiro atoms. The van der Waals surface area contributed by atoms with Crippen LogP contribution in [0.3, 0.4) is 0 Å². The number of rotatable bonds is 8. The minimum atomic E-state index is -0.926. The number of benzene rings is 2. The third-order valence-corrected chi connectivity index (χ3v) is 3.50. The molecule has 25 heavy (non-hydrogen) atoms. The molecular formula is C19H20N2O4. The van der Waals surface area contributed by atoms with E-state index in [0.717, 1.165) is 5.56 Å². The van der Waals surface area contributed by atoms with E-state index in [1.54, 1.807) is 24.3 Å². The lowest BCUT2D eigenvalue weighted by molar-refractivity contribution is -0.137. The molecular weight excluding hydrogens is 320 g/mol. The van der Waals surface area contributed by atoms with Crippen molar-refractivity contribution >= 4 is 23.5 Å². The summed E-state index contributed by atoms with van der Waals surface area (Å²) < 4.78 is 0. The fourth-order valence-electron chi connectivity index (χ4n) is 2.24. The van der Waals surface area contributed by atoms with Crippen LogP contribution in [0.4, 0.5) is 5.69 Å². The van der Waals surface area contributed by atoms with Gasteiger partial charge < -0.3 is 15.7 Å². The molecule has 2 aromatic carbocycles. The fourth-order valence-corrected chi connectivity index (χ4v) is 2.24. The van der Waals surface area contributed by atoms with Crippen molar-refractivity contribution in [3.05, 3.63) is 65.7 Å². The molecule has 0 atom stereocenters. The Morgan fingerprint density at radius 2 is 1.68 bits per heavy atom. The number of carbonyl (C=O) groups excluding carboxylic acids is 2. The summed E-state index contributed by atoms with van der Waals surface area (Å²) in [5.74, 6) is -1.43. The molecule has 3 N–H and O–H groups in total. The highest BCUT2D eigenvalue weighted by Crippen LogP contribution is 2.12. The van der Waals surface area contributed by atoms with E-state index in [1.807, 2.05) is 30.3 Å². The molecule has 0 fully saturated rings. The van der Waals surface area contributed by atoms with Gasteiger partial charge in [0.25, 0.3) is 5.91 Å². The number of carboxylic acids is 1. The molecule has 0 saturated carbocycles. The van der Waals surface area contributed by atoms with Crippen molar-refractivity contribution in [2.75, 3.05) is 5.32 Å². The molecule has 0 bridgehead atoms. The molecule has 2 aromatic rings. The molecule has 0 aliphatic heterocycles. The Labute approximate surface area is 145 Å². The summed E-state index contributed by atoms with van der Waals surface area (Å²) >= 11 is 0. The minimum absolute atomic E-state index is 0.0463. The van der Waals surface area contributed by atoms with Crippen molar-refractivity contribution in [1.82, 2.24) is 5.32 Å². The van der Waals surface area contributed by atoms with Gasteiger partial charge in [-0.1, -0.05) is 36.4 Å². The van der Waals surface area contributed by atoms with E-state index in [1.165, 1.54) is 0 Å². The zero-order chi connectivity index (χ0) is 18.1. The molecule has 2 amide bonds. The first-order valence-corrected chi connectivity index (χ1v) is 7.98. The molecule has 0 aliphatic carbocycles. The second kappa shape index (κ2) is 9.22. The van der Waals surface area contributed by atoms with Gasteiger partial charge in [-0.3, -0.25) is 14.4 Å². The molecule has 6 nitrogen and oxygen atoms in total. The van der Waals surface area contributed by atoms with Gasteiger partial charge in [0.15, 0.2) is 0 Å². The van der Waals surface area contributed by atoms with Crippen LogP contribution < -0.4 is 10.6 Å². The highest BCUT2D eigenvalue weighted by molar-refractivity contribution is 5.97. The molecule has 0 heterocycles. The van der Waals surface area contributed by atoms with E-state index < -0.39 is 5.97 Å². The van der Waals surface area contributed by atoms with Crippen LogP contribution in [0, 0.1) is 0 Å². The van der Waals surface area contributed by atoms with E-state index >= 15 is 0 Å². The van der Waals surface area contributed by atoms with Gasteiger partial charge in [0.05, 0.1) is 0 Å². The Morgan fingerprint density at radius 1 is 0.920 bits per heavy atom. The van der Waals surface area contributed by atoms with Crippen LogP contribution in [-0.2, 0) is 16.1 Å². The van der Waals surface area contributed by atoms with E-state index in [4.69, 9.17) is 5.11 Å². The Kier molecular flexibility index (Phi) is 6.71. The number of hydrogen-bond acceptors (Lipinski definition) is 3. The quantitative estimate of drug-likeness (QED) is 0.688. The summed E-state index contributed by atoms with van der Waals surface area (Å²) in [7, 11) is 0. The van der Waals surface area contributed by atoms with Crippen LogP contribution in [0.1, 0.15) is 35.2 Å². The van der Waals surface area contributed by atoms with Gasteiger partial charge in [-0.15, -0.1) is 0 Å². The average Bonchev–Trinajstić information content (AvgIpc) is 2.60. The minimum Gasteiger partial charge on any atom is -0.481 e. The standard InChI is InChI=1S/C19H20N2O4/c22-17(10-5-11-18(23)24)21-16-9-4-8-15(12-16)19(25)20-13-14-6-2-1-3-7-14/h1-4,6-9,12H,5,10-11,13H2,(H,20,25)(H,21,22)(H,23,24). The van der Waals surface area contributed by atoms with Gasteiger partial charge in [-0.2, -0.15) is 0 Å². The predicted octanol–water partition coefficient (Wildman–Crippen LogP) is 2.81. The van der Waals surface area contributed by atoms with Crippen molar-refractivity contribution in [2.45, 2.75) is 25.8 Å². The lowest BCUT2D eigenvalue weighted by Crippen LogP contribution is -2.23. The number of anilines is 1. The largest absolute Gasteiger partial charge is 0.481 e. The highest BCUT2D eigenvalue weighted by atomic mass is 16.4. The second-order valence-corrected chi connectivity index (χ2v) is 5.54. The maximum absolute atomic E-state index is 12.2. The Hall–Kier alpha value is -3.15. The van der Waals surface area contributed by atoms with E-state index in [-0.39, 0.29) is 31.1 Å². The summed E-state index contributed by atoms with van der Waals surface area (Å²) in [6, 6.07) is 16.2. The number of carbonyl (C=O) groups is 3. The number of hydrogen-bond donors (Lipinski definition) is 3. The fraction of sp³-hybridized carbons (Fsp3) is 0.211. The number of carboxylic acid groups (broad SMARTS) is 1. The Balaban J connectivity index is 1.88. The van der Waals surface area contributed by atoms with Crippen molar-refractivity contribution in [3.8, 4) is 0 Å². The smallest absolute Gasteiger partial charge is 0.303 e. The maximum atomic E-state index is 12.2. The summed E-state index contributed by atoms with van der Waals surface area (Å²) in [6.07, 6.45) is 0.352. The highest BCUT2D eigenvalue weighted by Gasteiger charge is 2.08. The summed E-state index contributed by atoms with van der Waals surface area (Å²) in [5.41, 5.74) is 1.95. The summed E-state index contributed by atoms with van der Waals surface area (Å²) in [4.78, 5) is 34.4. The first-order valence-electron chi connectivity index (χ1n) is 7.98. The summed E-state index contributed by atoms with van der Waals surface area (Å²) in [6.45, 7) is 0.422. The molecule has 130 valence electrons. The van der Waals surface area contributed by atoms with Crippen LogP contribution in [0.5, 0.6) is 0 Å². The third kappa shape index (κ3) is 6.47. The third-order valence-electron chi connectivity index (χ3n) is 3.50. The Bertz CT molecular complexity index is 744. The molecule has 0 aromatic heterocycles. The van der Waals surface area contributed by atoms with E-state index in [9.17, 15) is 14.4 Å². The van der Waals surface area contributed by atoms with Crippen LogP contribution in [0.15, 0.2) is 54.6 Å². The van der Waals surface area contributed by atoms with Crippen LogP contribution >= 0.6 is 0 Å². The molecule has 0 saturated heterocycles. The van der Waals surface area contributed by atoms with Crippen molar-refractivity contribution in [1.29, 1.82) is 0 Å². The van der Waals surface area contributed by atoms with Gasteiger partial charge >= 0.3 is 5.97 Å². The maximum Gasteiger partial charge on any atom is 0.303 e. The van der Waals surface area contributed by atoms with Gasteiger partial charge in [0, 0.05) is 30.6 Å². The molecule has 0 radical (unpaired) electrons. The van der Waals surface area contributed by atoms with Crippen molar-refractivity contribution in [3.63, 3.8) is 0 Å². The molecule has 2 rings (SSSR count). The van der Waals surface area contributed by atoms with E-state index in [2.05, 4.69) is 10.6 Å². The zero-order valence-corrected chi connectivity index (χ0v) is 13.7. The first kappa shape index (κ1) is 18.2. The lowest BCUT2D eigenvalue weighted by atomic mass is 10.1. The Morgan fingerprint density at radius 3 is 2.40 bits per heavy atom. The van der Waals surface area contributed by atoms with Gasteiger partial charge in [-0.05, 0) is 30.2 Å². The molecule has 0 unspecified atom stereocenters. The predicted molar refractivity (Wildman–Crippen MR) is 94.2 cm³/mol. The average molecular weight is 340 g/mol. The second-order valence-electron chi connectivity index (χ2n) is 5.54. The summed E-state index contributed by atoms with van der Waals surface area (Å²) in [5, 5.41) is 14.1. The van der Waals surface area contributed by atoms with Crippen LogP contribution in [0.25, 0.3) is 0 Å². The van der Waals surface area contributed by atoms with Gasteiger partial charge in [0.1, 0.15) is 0 Å². The molecule has 0 aliphatic rings. The van der Waals surface area contributed by atoms with Crippen LogP contribution in [-0.4, -0.2) is 22.9 Å². The van der Waals surface area contributed by atoms with Crippen molar-refractivity contribution < 1.29 is 19.5 Å². The zero-order valence-electron chi connectivity index (χ0n) is 13.7. The van der Waals surface area contributed by atoms with Gasteiger partial charge in [0.2, 0.25) is 5.91 Å². The topological polar surface area (TPSA) is 95.5 Å².